The first-order valence-corrected chi connectivity index (χ1v) is 28.3. The van der Waals surface area contributed by atoms with Gasteiger partial charge in [0.15, 0.2) is 7.37 Å². The minimum absolute atomic E-state index is 0.0837. The van der Waals surface area contributed by atoms with Gasteiger partial charge in [0.2, 0.25) is 18.0 Å². The molecule has 366 valence electrons. The van der Waals surface area contributed by atoms with Gasteiger partial charge in [-0.2, -0.15) is 0 Å². The Labute approximate surface area is 380 Å². The van der Waals surface area contributed by atoms with E-state index in [-0.39, 0.29) is 37.4 Å². The second-order valence-electron chi connectivity index (χ2n) is 18.6. The van der Waals surface area contributed by atoms with Gasteiger partial charge in [-0.05, 0) is 38.0 Å². The summed E-state index contributed by atoms with van der Waals surface area (Å²) in [7, 11) is -3.20. The van der Waals surface area contributed by atoms with E-state index in [1.165, 1.54) is 142 Å². The van der Waals surface area contributed by atoms with E-state index < -0.39 is 37.6 Å². The molecule has 3 amide bonds. The molecule has 0 radical (unpaired) electrons. The van der Waals surface area contributed by atoms with Gasteiger partial charge in [-0.25, -0.2) is 0 Å². The van der Waals surface area contributed by atoms with Crippen molar-refractivity contribution in [3.05, 3.63) is 0 Å². The van der Waals surface area contributed by atoms with Crippen molar-refractivity contribution in [2.45, 2.75) is 264 Å². The standard InChI is InChI=1S/C50H98N3O8P/c1-7-10-13-16-19-22-25-28-31-35-43(4)40-46(55)52-44(42-54)36-34-39-51-49(58)50(61-62(5,6)59)53-47(56)41-45(37-32-29-26-23-20-17-14-11-8-2)60-48(57)38-33-30-27-24-21-18-15-12-9-3/h43-45,50,54H,7-42H2,1-6H3,(H,51,58)(H,52,55)(H,53,56)/t43-,44-,45-,50+/m1/s1. The summed E-state index contributed by atoms with van der Waals surface area (Å²) in [4.78, 5) is 52.3. The van der Waals surface area contributed by atoms with E-state index in [4.69, 9.17) is 9.26 Å². The monoisotopic (exact) mass is 900 g/mol. The molecule has 0 saturated carbocycles. The lowest BCUT2D eigenvalue weighted by Crippen LogP contribution is -2.49. The fraction of sp³-hybridized carbons (Fsp3) is 0.920. The van der Waals surface area contributed by atoms with Crippen LogP contribution < -0.4 is 16.0 Å². The Hall–Kier alpha value is -1.97. The average molecular weight is 900 g/mol. The van der Waals surface area contributed by atoms with Crippen LogP contribution >= 0.6 is 7.37 Å². The number of aliphatic hydroxyl groups is 1. The molecule has 0 bridgehead atoms. The molecule has 4 atom stereocenters. The van der Waals surface area contributed by atoms with Crippen LogP contribution in [-0.4, -0.2) is 73.7 Å². The van der Waals surface area contributed by atoms with Crippen LogP contribution in [0.5, 0.6) is 0 Å². The number of nitrogens with one attached hydrogen (secondary N) is 3. The molecule has 11 nitrogen and oxygen atoms in total. The molecular formula is C50H98N3O8P. The fourth-order valence-electron chi connectivity index (χ4n) is 7.89. The van der Waals surface area contributed by atoms with E-state index >= 15 is 0 Å². The Bertz CT molecular complexity index is 1150. The molecule has 0 aliphatic carbocycles. The molecule has 0 aliphatic rings. The molecule has 0 rings (SSSR count). The Morgan fingerprint density at radius 3 is 1.45 bits per heavy atom. The number of hydrogen-bond acceptors (Lipinski definition) is 8. The lowest BCUT2D eigenvalue weighted by atomic mass is 9.98. The summed E-state index contributed by atoms with van der Waals surface area (Å²) < 4.78 is 24.1. The summed E-state index contributed by atoms with van der Waals surface area (Å²) in [5.41, 5.74) is 0. The van der Waals surface area contributed by atoms with Crippen LogP contribution in [0.15, 0.2) is 0 Å². The Morgan fingerprint density at radius 2 is 0.984 bits per heavy atom. The van der Waals surface area contributed by atoms with Crippen LogP contribution in [0.3, 0.4) is 0 Å². The van der Waals surface area contributed by atoms with E-state index in [9.17, 15) is 28.8 Å². The predicted octanol–water partition coefficient (Wildman–Crippen LogP) is 12.4. The number of carbonyl (C=O) groups excluding carboxylic acids is 4. The zero-order chi connectivity index (χ0) is 46.1. The second kappa shape index (κ2) is 41.7. The Morgan fingerprint density at radius 1 is 0.548 bits per heavy atom. The highest BCUT2D eigenvalue weighted by molar-refractivity contribution is 7.57. The smallest absolute Gasteiger partial charge is 0.306 e. The first-order valence-electron chi connectivity index (χ1n) is 25.7. The Kier molecular flexibility index (Phi) is 40.4. The molecule has 0 aromatic heterocycles. The zero-order valence-electron chi connectivity index (χ0n) is 41.0. The zero-order valence-corrected chi connectivity index (χ0v) is 41.9. The highest BCUT2D eigenvalue weighted by Gasteiger charge is 2.28. The van der Waals surface area contributed by atoms with Crippen LogP contribution in [0, 0.1) is 5.92 Å². The number of rotatable bonds is 45. The second-order valence-corrected chi connectivity index (χ2v) is 21.3. The van der Waals surface area contributed by atoms with Crippen LogP contribution in [0.25, 0.3) is 0 Å². The van der Waals surface area contributed by atoms with Gasteiger partial charge in [-0.15, -0.1) is 0 Å². The van der Waals surface area contributed by atoms with Crippen molar-refractivity contribution in [2.75, 3.05) is 26.5 Å². The van der Waals surface area contributed by atoms with E-state index in [1.54, 1.807) is 0 Å². The lowest BCUT2D eigenvalue weighted by molar-refractivity contribution is -0.151. The van der Waals surface area contributed by atoms with Gasteiger partial charge < -0.3 is 25.8 Å². The molecule has 0 heterocycles. The molecule has 0 aromatic rings. The maximum absolute atomic E-state index is 13.4. The molecule has 0 fully saturated rings. The largest absolute Gasteiger partial charge is 0.462 e. The van der Waals surface area contributed by atoms with Crippen LogP contribution in [0.4, 0.5) is 0 Å². The quantitative estimate of drug-likeness (QED) is 0.0203. The number of amides is 3. The molecule has 0 saturated heterocycles. The number of carbonyl (C=O) groups is 4. The van der Waals surface area contributed by atoms with Gasteiger partial charge in [-0.3, -0.25) is 28.3 Å². The molecular weight excluding hydrogens is 802 g/mol. The molecule has 62 heavy (non-hydrogen) atoms. The van der Waals surface area contributed by atoms with E-state index in [0.717, 1.165) is 51.4 Å². The van der Waals surface area contributed by atoms with Crippen LogP contribution in [-0.2, 0) is 33.0 Å². The van der Waals surface area contributed by atoms with Crippen molar-refractivity contribution in [3.8, 4) is 0 Å². The maximum atomic E-state index is 13.4. The van der Waals surface area contributed by atoms with Gasteiger partial charge in [0.05, 0.1) is 19.1 Å². The van der Waals surface area contributed by atoms with Gasteiger partial charge in [0, 0.05) is 32.7 Å². The molecule has 0 aromatic carbocycles. The Balaban J connectivity index is 4.98. The third-order valence-corrected chi connectivity index (χ3v) is 12.4. The SMILES string of the molecule is CCCCCCCCCCCC(=O)O[C@H](CCCCCCCCCCC)CC(=O)N[C@@H](OP(C)(C)=O)C(=O)NCCC[C@H](CO)NC(=O)C[C@H](C)CCCCCCCCCCC. The number of hydrogen-bond donors (Lipinski definition) is 4. The van der Waals surface area contributed by atoms with Crippen molar-refractivity contribution in [1.82, 2.24) is 16.0 Å². The molecule has 0 aliphatic heterocycles. The molecule has 0 spiro atoms. The average Bonchev–Trinajstić information content (AvgIpc) is 3.21. The molecule has 0 unspecified atom stereocenters. The summed E-state index contributed by atoms with van der Waals surface area (Å²) in [5, 5.41) is 18.2. The topological polar surface area (TPSA) is 160 Å². The number of aliphatic hydroxyl groups excluding tert-OH is 1. The summed E-state index contributed by atoms with van der Waals surface area (Å²) in [5.74, 6) is -1.29. The highest BCUT2D eigenvalue weighted by Crippen LogP contribution is 2.38. The van der Waals surface area contributed by atoms with Crippen molar-refractivity contribution in [1.29, 1.82) is 0 Å². The van der Waals surface area contributed by atoms with Gasteiger partial charge >= 0.3 is 5.97 Å². The van der Waals surface area contributed by atoms with Crippen molar-refractivity contribution in [3.63, 3.8) is 0 Å². The third-order valence-electron chi connectivity index (χ3n) is 11.7. The van der Waals surface area contributed by atoms with Crippen LogP contribution in [0.2, 0.25) is 0 Å². The molecule has 4 N–H and O–H groups in total. The maximum Gasteiger partial charge on any atom is 0.306 e. The van der Waals surface area contributed by atoms with E-state index in [1.807, 2.05) is 0 Å². The molecule has 12 heteroatoms. The third kappa shape index (κ3) is 39.6. The summed E-state index contributed by atoms with van der Waals surface area (Å²) >= 11 is 0. The van der Waals surface area contributed by atoms with Gasteiger partial charge in [-0.1, -0.05) is 195 Å². The van der Waals surface area contributed by atoms with Crippen LogP contribution in [0.1, 0.15) is 246 Å². The van der Waals surface area contributed by atoms with Gasteiger partial charge in [0.1, 0.15) is 6.10 Å². The summed E-state index contributed by atoms with van der Waals surface area (Å²) in [6.45, 7) is 11.5. The predicted molar refractivity (Wildman–Crippen MR) is 258 cm³/mol. The number of esters is 1. The normalized spacial score (nSPS) is 13.6. The van der Waals surface area contributed by atoms with Crippen molar-refractivity contribution in [2.24, 2.45) is 5.92 Å². The van der Waals surface area contributed by atoms with Crippen molar-refractivity contribution < 1.29 is 38.1 Å². The van der Waals surface area contributed by atoms with E-state index in [2.05, 4.69) is 43.6 Å². The first kappa shape index (κ1) is 60.0. The minimum Gasteiger partial charge on any atom is -0.462 e. The van der Waals surface area contributed by atoms with E-state index in [0.29, 0.717) is 32.1 Å². The fourth-order valence-corrected chi connectivity index (χ4v) is 8.54. The number of ether oxygens (including phenoxy) is 1. The van der Waals surface area contributed by atoms with Gasteiger partial charge in [0.25, 0.3) is 5.91 Å². The first-order chi connectivity index (χ1) is 29.8. The number of unbranched alkanes of at least 4 members (excludes halogenated alkanes) is 24. The minimum atomic E-state index is -3.20. The highest BCUT2D eigenvalue weighted by atomic mass is 31.2. The van der Waals surface area contributed by atoms with Crippen molar-refractivity contribution >= 4 is 31.1 Å². The lowest BCUT2D eigenvalue weighted by Gasteiger charge is -2.23. The summed E-state index contributed by atoms with van der Waals surface area (Å²) in [6.07, 6.45) is 33.0. The summed E-state index contributed by atoms with van der Waals surface area (Å²) in [6, 6.07) is -0.441.